The van der Waals surface area contributed by atoms with Gasteiger partial charge < -0.3 is 5.32 Å². The van der Waals surface area contributed by atoms with E-state index in [9.17, 15) is 24.5 Å². The Morgan fingerprint density at radius 1 is 0.912 bits per heavy atom. The van der Waals surface area contributed by atoms with Gasteiger partial charge in [-0.3, -0.25) is 29.5 Å². The van der Waals surface area contributed by atoms with Gasteiger partial charge in [0.2, 0.25) is 0 Å². The third-order valence-corrected chi connectivity index (χ3v) is 5.50. The van der Waals surface area contributed by atoms with Gasteiger partial charge in [0, 0.05) is 30.9 Å². The van der Waals surface area contributed by atoms with Gasteiger partial charge in [0.1, 0.15) is 0 Å². The first-order chi connectivity index (χ1) is 16.5. The Morgan fingerprint density at radius 3 is 2.24 bits per heavy atom. The molecule has 9 heteroatoms. The zero-order valence-electron chi connectivity index (χ0n) is 18.2. The van der Waals surface area contributed by atoms with Gasteiger partial charge in [-0.25, -0.2) is 4.79 Å². The first-order valence-electron chi connectivity index (χ1n) is 10.7. The second kappa shape index (κ2) is 9.95. The highest BCUT2D eigenvalue weighted by Crippen LogP contribution is 2.26. The molecule has 0 aromatic heterocycles. The zero-order chi connectivity index (χ0) is 24.1. The van der Waals surface area contributed by atoms with E-state index in [0.717, 1.165) is 22.2 Å². The number of hydrogen-bond acceptors (Lipinski definition) is 5. The van der Waals surface area contributed by atoms with Gasteiger partial charge in [0.25, 0.3) is 17.5 Å². The van der Waals surface area contributed by atoms with E-state index in [1.807, 2.05) is 60.7 Å². The number of nitrogens with one attached hydrogen (secondary N) is 1. The number of hydrogen-bond donors (Lipinski definition) is 1. The highest BCUT2D eigenvalue weighted by molar-refractivity contribution is 6.21. The molecule has 0 fully saturated rings. The molecule has 9 nitrogen and oxygen atoms in total. The largest absolute Gasteiger partial charge is 0.338 e. The molecule has 3 aromatic rings. The summed E-state index contributed by atoms with van der Waals surface area (Å²) in [5, 5.41) is 13.8. The number of para-hydroxylation sites is 1. The van der Waals surface area contributed by atoms with Crippen molar-refractivity contribution in [1.82, 2.24) is 10.2 Å². The molecule has 0 aliphatic carbocycles. The van der Waals surface area contributed by atoms with E-state index in [-0.39, 0.29) is 35.9 Å². The fourth-order valence-electron chi connectivity index (χ4n) is 3.78. The first kappa shape index (κ1) is 22.7. The van der Waals surface area contributed by atoms with Crippen LogP contribution in [0.1, 0.15) is 32.7 Å². The van der Waals surface area contributed by atoms with E-state index in [2.05, 4.69) is 5.32 Å². The quantitative estimate of drug-likeness (QED) is 0.237. The lowest BCUT2D eigenvalue weighted by atomic mass is 10.1. The van der Waals surface area contributed by atoms with E-state index in [1.165, 1.54) is 12.1 Å². The van der Waals surface area contributed by atoms with Crippen LogP contribution in [0.4, 0.5) is 16.2 Å². The van der Waals surface area contributed by atoms with Crippen LogP contribution in [0.2, 0.25) is 0 Å². The molecule has 0 bridgehead atoms. The number of rotatable bonds is 8. The van der Waals surface area contributed by atoms with Gasteiger partial charge in [0.05, 0.1) is 22.6 Å². The normalized spacial score (nSPS) is 12.4. The molecule has 4 rings (SSSR count). The zero-order valence-corrected chi connectivity index (χ0v) is 18.2. The molecule has 3 aromatic carbocycles. The molecule has 0 atom stereocenters. The van der Waals surface area contributed by atoms with Gasteiger partial charge in [0.15, 0.2) is 0 Å². The monoisotopic (exact) mass is 458 g/mol. The highest BCUT2D eigenvalue weighted by atomic mass is 16.6. The van der Waals surface area contributed by atoms with Gasteiger partial charge in [-0.15, -0.1) is 0 Å². The molecule has 0 saturated heterocycles. The van der Waals surface area contributed by atoms with Crippen molar-refractivity contribution in [3.63, 3.8) is 0 Å². The number of nitrogens with zero attached hydrogens (tertiary/aromatic N) is 3. The lowest BCUT2D eigenvalue weighted by Gasteiger charge is -2.24. The van der Waals surface area contributed by atoms with Crippen molar-refractivity contribution in [3.05, 3.63) is 106 Å². The number of carbonyl (C=O) groups is 3. The lowest BCUT2D eigenvalue weighted by molar-refractivity contribution is -0.384. The number of benzene rings is 3. The molecular weight excluding hydrogens is 436 g/mol. The van der Waals surface area contributed by atoms with Crippen molar-refractivity contribution in [1.29, 1.82) is 0 Å². The van der Waals surface area contributed by atoms with Crippen molar-refractivity contribution >= 4 is 29.2 Å². The number of anilines is 1. The summed E-state index contributed by atoms with van der Waals surface area (Å²) in [7, 11) is 0. The third-order valence-electron chi connectivity index (χ3n) is 5.50. The summed E-state index contributed by atoms with van der Waals surface area (Å²) in [6, 6.07) is 22.2. The van der Waals surface area contributed by atoms with Crippen molar-refractivity contribution in [2.24, 2.45) is 0 Å². The Hall–Kier alpha value is -4.53. The summed E-state index contributed by atoms with van der Waals surface area (Å²) in [6.45, 7) is 0.711. The van der Waals surface area contributed by atoms with Crippen LogP contribution in [0.15, 0.2) is 78.9 Å². The maximum Gasteiger partial charge on any atom is 0.322 e. The second-order valence-corrected chi connectivity index (χ2v) is 7.74. The number of nitro groups is 1. The van der Waals surface area contributed by atoms with Crippen LogP contribution < -0.4 is 10.2 Å². The van der Waals surface area contributed by atoms with Gasteiger partial charge in [-0.2, -0.15) is 0 Å². The van der Waals surface area contributed by atoms with Crippen LogP contribution in [-0.2, 0) is 6.54 Å². The maximum atomic E-state index is 13.0. The summed E-state index contributed by atoms with van der Waals surface area (Å²) in [5.41, 5.74) is 1.65. The van der Waals surface area contributed by atoms with Gasteiger partial charge in [-0.1, -0.05) is 48.5 Å². The topological polar surface area (TPSA) is 113 Å². The van der Waals surface area contributed by atoms with E-state index < -0.39 is 16.7 Å². The molecule has 1 aliphatic heterocycles. The molecular formula is C25H22N4O5. The van der Waals surface area contributed by atoms with Crippen LogP contribution in [0.5, 0.6) is 0 Å². The molecule has 0 spiro atoms. The highest BCUT2D eigenvalue weighted by Gasteiger charge is 2.36. The number of imide groups is 1. The minimum Gasteiger partial charge on any atom is -0.338 e. The molecule has 172 valence electrons. The van der Waals surface area contributed by atoms with Crippen LogP contribution in [0.3, 0.4) is 0 Å². The Balaban J connectivity index is 1.36. The average molecular weight is 458 g/mol. The molecule has 0 radical (unpaired) electrons. The average Bonchev–Trinajstić information content (AvgIpc) is 3.10. The minimum atomic E-state index is -0.607. The lowest BCUT2D eigenvalue weighted by Crippen LogP contribution is -2.41. The van der Waals surface area contributed by atoms with Crippen LogP contribution in [0, 0.1) is 10.1 Å². The SMILES string of the molecule is O=C1c2ccc([N+](=O)[O-])cc2C(=O)N1CCCNC(=O)N(Cc1ccccc1)c1ccccc1. The standard InChI is InChI=1S/C25H22N4O5/c30-23-21-13-12-20(29(33)34)16-22(21)24(31)27(23)15-7-14-26-25(32)28(19-10-5-2-6-11-19)17-18-8-3-1-4-9-18/h1-6,8-13,16H,7,14-15,17H2,(H,26,32). The van der Waals surface area contributed by atoms with E-state index >= 15 is 0 Å². The Kier molecular flexibility index (Phi) is 6.63. The fraction of sp³-hybridized carbons (Fsp3) is 0.160. The van der Waals surface area contributed by atoms with Crippen LogP contribution >= 0.6 is 0 Å². The summed E-state index contributed by atoms with van der Waals surface area (Å²) in [6.07, 6.45) is 0.341. The van der Waals surface area contributed by atoms with Crippen LogP contribution in [0.25, 0.3) is 0 Å². The Bertz CT molecular complexity index is 1230. The number of amides is 4. The fourth-order valence-corrected chi connectivity index (χ4v) is 3.78. The van der Waals surface area contributed by atoms with Crippen molar-refractivity contribution in [3.8, 4) is 0 Å². The Morgan fingerprint density at radius 2 is 1.56 bits per heavy atom. The number of non-ortho nitro benzene ring substituents is 1. The molecule has 0 unspecified atom stereocenters. The summed E-state index contributed by atoms with van der Waals surface area (Å²) in [5.74, 6) is -1.05. The van der Waals surface area contributed by atoms with Gasteiger partial charge >= 0.3 is 6.03 Å². The summed E-state index contributed by atoms with van der Waals surface area (Å²) >= 11 is 0. The molecule has 4 amide bonds. The van der Waals surface area contributed by atoms with E-state index in [0.29, 0.717) is 13.0 Å². The predicted molar refractivity (Wildman–Crippen MR) is 126 cm³/mol. The molecule has 34 heavy (non-hydrogen) atoms. The smallest absolute Gasteiger partial charge is 0.322 e. The number of carbonyl (C=O) groups excluding carboxylic acids is 3. The molecule has 0 saturated carbocycles. The molecule has 1 heterocycles. The second-order valence-electron chi connectivity index (χ2n) is 7.74. The Labute approximate surface area is 195 Å². The molecule has 1 N–H and O–H groups in total. The minimum absolute atomic E-state index is 0.0290. The van der Waals surface area contributed by atoms with Crippen LogP contribution in [-0.4, -0.2) is 40.8 Å². The number of nitro benzene ring substituents is 1. The summed E-state index contributed by atoms with van der Waals surface area (Å²) in [4.78, 5) is 51.1. The van der Waals surface area contributed by atoms with Gasteiger partial charge in [-0.05, 0) is 30.2 Å². The maximum absolute atomic E-state index is 13.0. The predicted octanol–water partition coefficient (Wildman–Crippen LogP) is 4.00. The number of fused-ring (bicyclic) bond motifs is 1. The van der Waals surface area contributed by atoms with E-state index in [4.69, 9.17) is 0 Å². The summed E-state index contributed by atoms with van der Waals surface area (Å²) < 4.78 is 0. The van der Waals surface area contributed by atoms with Crippen molar-refractivity contribution < 1.29 is 19.3 Å². The molecule has 1 aliphatic rings. The van der Waals surface area contributed by atoms with E-state index in [1.54, 1.807) is 4.90 Å². The van der Waals surface area contributed by atoms with Crippen molar-refractivity contribution in [2.45, 2.75) is 13.0 Å². The number of urea groups is 1. The first-order valence-corrected chi connectivity index (χ1v) is 10.7. The van der Waals surface area contributed by atoms with Crippen molar-refractivity contribution in [2.75, 3.05) is 18.0 Å². The third kappa shape index (κ3) is 4.78.